The molecule has 0 bridgehead atoms. The van der Waals surface area contributed by atoms with Crippen molar-refractivity contribution in [3.8, 4) is 0 Å². The van der Waals surface area contributed by atoms with Gasteiger partial charge in [0.1, 0.15) is 5.82 Å². The van der Waals surface area contributed by atoms with Crippen molar-refractivity contribution in [2.75, 3.05) is 12.4 Å². The molecule has 29 heavy (non-hydrogen) atoms. The Labute approximate surface area is 175 Å². The Morgan fingerprint density at radius 1 is 1.31 bits per heavy atom. The van der Waals surface area contributed by atoms with Crippen LogP contribution in [0.5, 0.6) is 0 Å². The minimum Gasteiger partial charge on any atom is -0.376 e. The number of nitrogens with zero attached hydrogens (tertiary/aromatic N) is 3. The minimum atomic E-state index is -0.253. The Bertz CT molecular complexity index is 875. The number of hydrogen-bond acceptors (Lipinski definition) is 4. The summed E-state index contributed by atoms with van der Waals surface area (Å²) in [5, 5.41) is 0.866. The predicted molar refractivity (Wildman–Crippen MR) is 111 cm³/mol. The summed E-state index contributed by atoms with van der Waals surface area (Å²) in [6.45, 7) is 6.01. The van der Waals surface area contributed by atoms with Gasteiger partial charge in [0.05, 0.1) is 24.1 Å². The van der Waals surface area contributed by atoms with Crippen LogP contribution in [0.2, 0.25) is 0 Å². The molecule has 156 valence electrons. The fourth-order valence-electron chi connectivity index (χ4n) is 3.77. The maximum absolute atomic E-state index is 14.1. The number of carbonyl (C=O) groups excluding carboxylic acids is 1. The van der Waals surface area contributed by atoms with E-state index in [-0.39, 0.29) is 23.9 Å². The van der Waals surface area contributed by atoms with Gasteiger partial charge in [0, 0.05) is 30.5 Å². The van der Waals surface area contributed by atoms with E-state index in [0.717, 1.165) is 55.4 Å². The van der Waals surface area contributed by atoms with Crippen molar-refractivity contribution in [3.63, 3.8) is 0 Å². The van der Waals surface area contributed by atoms with Gasteiger partial charge in [-0.25, -0.2) is 9.37 Å². The van der Waals surface area contributed by atoms with Crippen LogP contribution in [0, 0.1) is 19.7 Å². The van der Waals surface area contributed by atoms with Gasteiger partial charge in [0.2, 0.25) is 5.91 Å². The summed E-state index contributed by atoms with van der Waals surface area (Å²) in [6, 6.07) is 6.93. The van der Waals surface area contributed by atoms with E-state index in [4.69, 9.17) is 4.74 Å². The highest BCUT2D eigenvalue weighted by Gasteiger charge is 2.33. The van der Waals surface area contributed by atoms with Crippen LogP contribution in [0.1, 0.15) is 42.6 Å². The number of ether oxygens (including phenoxy) is 1. The lowest BCUT2D eigenvalue weighted by Crippen LogP contribution is -2.34. The summed E-state index contributed by atoms with van der Waals surface area (Å²) < 4.78 is 22.0. The van der Waals surface area contributed by atoms with Crippen molar-refractivity contribution in [1.82, 2.24) is 14.5 Å². The lowest BCUT2D eigenvalue weighted by molar-refractivity contribution is -0.129. The second-order valence-electron chi connectivity index (χ2n) is 7.94. The van der Waals surface area contributed by atoms with Crippen molar-refractivity contribution in [1.29, 1.82) is 0 Å². The van der Waals surface area contributed by atoms with Crippen LogP contribution < -0.4 is 0 Å². The van der Waals surface area contributed by atoms with E-state index in [1.54, 1.807) is 12.1 Å². The topological polar surface area (TPSA) is 47.4 Å². The Morgan fingerprint density at radius 2 is 2.10 bits per heavy atom. The molecule has 1 aliphatic heterocycles. The molecule has 1 unspecified atom stereocenters. The number of rotatable bonds is 8. The average molecular weight is 418 g/mol. The summed E-state index contributed by atoms with van der Waals surface area (Å²) >= 11 is 1.47. The van der Waals surface area contributed by atoms with E-state index in [1.807, 2.05) is 17.9 Å². The third kappa shape index (κ3) is 4.83. The molecular formula is C22H28FN3O2S. The Morgan fingerprint density at radius 3 is 2.79 bits per heavy atom. The quantitative estimate of drug-likeness (QED) is 0.607. The number of hydrogen-bond donors (Lipinski definition) is 0. The molecule has 7 heteroatoms. The fraction of sp³-hybridized carbons (Fsp3) is 0.545. The zero-order valence-corrected chi connectivity index (χ0v) is 17.9. The molecule has 1 aromatic carbocycles. The molecule has 2 fully saturated rings. The monoisotopic (exact) mass is 417 g/mol. The van der Waals surface area contributed by atoms with Gasteiger partial charge in [-0.1, -0.05) is 30.0 Å². The van der Waals surface area contributed by atoms with Gasteiger partial charge in [-0.3, -0.25) is 4.79 Å². The smallest absolute Gasteiger partial charge is 0.233 e. The molecule has 1 aromatic heterocycles. The largest absolute Gasteiger partial charge is 0.376 e. The number of aryl methyl sites for hydroxylation is 1. The van der Waals surface area contributed by atoms with Crippen molar-refractivity contribution in [2.45, 2.75) is 69.9 Å². The Kier molecular flexibility index (Phi) is 6.25. The van der Waals surface area contributed by atoms with Crippen LogP contribution in [0.3, 0.4) is 0 Å². The first-order valence-electron chi connectivity index (χ1n) is 10.3. The van der Waals surface area contributed by atoms with Crippen molar-refractivity contribution >= 4 is 17.7 Å². The molecule has 2 aromatic rings. The lowest BCUT2D eigenvalue weighted by atomic mass is 10.2. The molecule has 1 saturated heterocycles. The summed E-state index contributed by atoms with van der Waals surface area (Å²) in [5.41, 5.74) is 2.69. The van der Waals surface area contributed by atoms with Gasteiger partial charge in [-0.05, 0) is 45.6 Å². The molecule has 0 spiro atoms. The third-order valence-corrected chi connectivity index (χ3v) is 6.73. The van der Waals surface area contributed by atoms with E-state index >= 15 is 0 Å². The zero-order chi connectivity index (χ0) is 20.4. The Hall–Kier alpha value is -1.86. The van der Waals surface area contributed by atoms with Gasteiger partial charge in [0.15, 0.2) is 5.16 Å². The number of thioether (sulfide) groups is 1. The molecule has 2 aliphatic rings. The molecule has 2 heterocycles. The zero-order valence-electron chi connectivity index (χ0n) is 17.1. The van der Waals surface area contributed by atoms with E-state index in [0.29, 0.717) is 17.9 Å². The van der Waals surface area contributed by atoms with Crippen molar-refractivity contribution in [3.05, 3.63) is 47.0 Å². The second kappa shape index (κ2) is 8.88. The molecular weight excluding hydrogens is 389 g/mol. The van der Waals surface area contributed by atoms with Crippen LogP contribution in [-0.4, -0.2) is 44.9 Å². The Balaban J connectivity index is 1.43. The summed E-state index contributed by atoms with van der Waals surface area (Å²) in [7, 11) is 0. The molecule has 0 N–H and O–H groups in total. The predicted octanol–water partition coefficient (Wildman–Crippen LogP) is 4.10. The van der Waals surface area contributed by atoms with E-state index in [2.05, 4.69) is 16.5 Å². The molecule has 5 nitrogen and oxygen atoms in total. The van der Waals surface area contributed by atoms with Crippen LogP contribution in [0.15, 0.2) is 29.4 Å². The van der Waals surface area contributed by atoms with Crippen LogP contribution in [0.25, 0.3) is 0 Å². The van der Waals surface area contributed by atoms with Crippen LogP contribution in [-0.2, 0) is 22.6 Å². The minimum absolute atomic E-state index is 0.0442. The van der Waals surface area contributed by atoms with Crippen LogP contribution in [0.4, 0.5) is 4.39 Å². The number of halogens is 1. The molecule has 1 saturated carbocycles. The maximum Gasteiger partial charge on any atom is 0.233 e. The highest BCUT2D eigenvalue weighted by molar-refractivity contribution is 7.99. The summed E-state index contributed by atoms with van der Waals surface area (Å²) in [5.74, 6) is 0.103. The number of amides is 1. The first kappa shape index (κ1) is 20.4. The normalized spacial score (nSPS) is 18.9. The van der Waals surface area contributed by atoms with Crippen LogP contribution >= 0.6 is 11.8 Å². The number of benzene rings is 1. The molecule has 1 amide bonds. The average Bonchev–Trinajstić information content (AvgIpc) is 3.35. The van der Waals surface area contributed by atoms with Gasteiger partial charge < -0.3 is 14.2 Å². The highest BCUT2D eigenvalue weighted by Crippen LogP contribution is 2.31. The number of imidazole rings is 1. The summed E-state index contributed by atoms with van der Waals surface area (Å²) in [6.07, 6.45) is 4.39. The van der Waals surface area contributed by atoms with Crippen molar-refractivity contribution < 1.29 is 13.9 Å². The van der Waals surface area contributed by atoms with Gasteiger partial charge >= 0.3 is 0 Å². The van der Waals surface area contributed by atoms with E-state index in [9.17, 15) is 9.18 Å². The second-order valence-corrected chi connectivity index (χ2v) is 8.89. The molecule has 0 radical (unpaired) electrons. The molecule has 1 aliphatic carbocycles. The van der Waals surface area contributed by atoms with Gasteiger partial charge in [-0.2, -0.15) is 0 Å². The number of aromatic nitrogens is 2. The van der Waals surface area contributed by atoms with Crippen molar-refractivity contribution in [2.24, 2.45) is 0 Å². The maximum atomic E-state index is 14.1. The summed E-state index contributed by atoms with van der Waals surface area (Å²) in [4.78, 5) is 19.5. The number of carbonyl (C=O) groups is 1. The molecule has 4 rings (SSSR count). The first-order chi connectivity index (χ1) is 14.0. The fourth-order valence-corrected chi connectivity index (χ4v) is 4.75. The SMILES string of the molecule is Cc1nc(SCC(=O)N(Cc2ccccc2F)C2CC2)n(CC2CCCO2)c1C. The van der Waals surface area contributed by atoms with E-state index < -0.39 is 0 Å². The molecule has 1 atom stereocenters. The van der Waals surface area contributed by atoms with E-state index in [1.165, 1.54) is 17.8 Å². The lowest BCUT2D eigenvalue weighted by Gasteiger charge is -2.23. The first-order valence-corrected chi connectivity index (χ1v) is 11.3. The van der Waals surface area contributed by atoms with Gasteiger partial charge in [0.25, 0.3) is 0 Å². The van der Waals surface area contributed by atoms with Gasteiger partial charge in [-0.15, -0.1) is 0 Å². The highest BCUT2D eigenvalue weighted by atomic mass is 32.2. The standard InChI is InChI=1S/C22H28FN3O2S/c1-15-16(2)25(13-19-7-5-11-28-19)22(24-15)29-14-21(27)26(18-9-10-18)12-17-6-3-4-8-20(17)23/h3-4,6,8,18-19H,5,7,9-14H2,1-2H3. The third-order valence-electron chi connectivity index (χ3n) is 5.76.